The Morgan fingerprint density at radius 1 is 1.29 bits per heavy atom. The third-order valence-electron chi connectivity index (χ3n) is 3.66. The third-order valence-corrected chi connectivity index (χ3v) is 3.83. The lowest BCUT2D eigenvalue weighted by molar-refractivity contribution is 0.684. The highest BCUT2D eigenvalue weighted by Crippen LogP contribution is 2.33. The van der Waals surface area contributed by atoms with Crippen LogP contribution in [-0.4, -0.2) is 22.0 Å². The van der Waals surface area contributed by atoms with Gasteiger partial charge in [0.25, 0.3) is 5.56 Å². The van der Waals surface area contributed by atoms with Crippen molar-refractivity contribution in [2.45, 2.75) is 25.4 Å². The summed E-state index contributed by atoms with van der Waals surface area (Å²) in [6.07, 6.45) is 5.65. The van der Waals surface area contributed by atoms with E-state index in [4.69, 9.17) is 11.6 Å². The third kappa shape index (κ3) is 3.27. The molecule has 0 N–H and O–H groups in total. The van der Waals surface area contributed by atoms with Crippen molar-refractivity contribution in [3.8, 4) is 0 Å². The fraction of sp³-hybridized carbons (Fsp3) is 0.375. The Labute approximate surface area is 129 Å². The van der Waals surface area contributed by atoms with E-state index < -0.39 is 0 Å². The second-order valence-corrected chi connectivity index (χ2v) is 5.67. The monoisotopic (exact) mass is 303 g/mol. The zero-order chi connectivity index (χ0) is 14.7. The molecule has 110 valence electrons. The van der Waals surface area contributed by atoms with Gasteiger partial charge in [-0.25, -0.2) is 4.98 Å². The Bertz CT molecular complexity index is 652. The fourth-order valence-corrected chi connectivity index (χ4v) is 2.64. The summed E-state index contributed by atoms with van der Waals surface area (Å²) in [5.41, 5.74) is 1.13. The largest absolute Gasteiger partial charge is 0.347 e. The molecule has 21 heavy (non-hydrogen) atoms. The van der Waals surface area contributed by atoms with Crippen LogP contribution in [0.3, 0.4) is 0 Å². The first kappa shape index (κ1) is 14.1. The molecular formula is C16H18ClN3O. The van der Waals surface area contributed by atoms with Gasteiger partial charge in [0, 0.05) is 37.4 Å². The molecule has 1 aliphatic carbocycles. The van der Waals surface area contributed by atoms with Crippen molar-refractivity contribution in [3.05, 3.63) is 58.6 Å². The van der Waals surface area contributed by atoms with Crippen LogP contribution in [0.15, 0.2) is 47.5 Å². The van der Waals surface area contributed by atoms with E-state index in [1.54, 1.807) is 17.0 Å². The molecule has 5 heteroatoms. The Balaban J connectivity index is 1.90. The Morgan fingerprint density at radius 3 is 2.71 bits per heavy atom. The highest BCUT2D eigenvalue weighted by Gasteiger charge is 2.26. The predicted molar refractivity (Wildman–Crippen MR) is 85.0 cm³/mol. The first-order valence-electron chi connectivity index (χ1n) is 7.21. The number of benzene rings is 1. The second-order valence-electron chi connectivity index (χ2n) is 5.29. The van der Waals surface area contributed by atoms with E-state index in [1.807, 2.05) is 35.2 Å². The Kier molecular flexibility index (Phi) is 4.25. The minimum Gasteiger partial charge on any atom is -0.347 e. The average molecular weight is 304 g/mol. The number of hydrogen-bond acceptors (Lipinski definition) is 3. The molecular weight excluding hydrogens is 286 g/mol. The van der Waals surface area contributed by atoms with E-state index in [0.717, 1.165) is 18.4 Å². The summed E-state index contributed by atoms with van der Waals surface area (Å²) in [6.45, 7) is 1.25. The lowest BCUT2D eigenvalue weighted by Gasteiger charge is -2.22. The van der Waals surface area contributed by atoms with Gasteiger partial charge in [-0.2, -0.15) is 0 Å². The topological polar surface area (TPSA) is 38.1 Å². The lowest BCUT2D eigenvalue weighted by Crippen LogP contribution is -2.34. The fourth-order valence-electron chi connectivity index (χ4n) is 2.44. The standard InChI is InChI=1S/C16H18ClN3O/c17-8-10-19(12-13-4-2-1-3-5-13)15-16(21)20(11-9-18-15)14-6-7-14/h1-5,9,11,14H,6-8,10,12H2. The second kappa shape index (κ2) is 6.31. The molecule has 0 unspecified atom stereocenters. The molecule has 4 nitrogen and oxygen atoms in total. The van der Waals surface area contributed by atoms with Crippen molar-refractivity contribution in [2.24, 2.45) is 0 Å². The van der Waals surface area contributed by atoms with Crippen molar-refractivity contribution in [2.75, 3.05) is 17.3 Å². The quantitative estimate of drug-likeness (QED) is 0.770. The summed E-state index contributed by atoms with van der Waals surface area (Å²) in [5.74, 6) is 0.959. The number of hydrogen-bond donors (Lipinski definition) is 0. The van der Waals surface area contributed by atoms with Crippen molar-refractivity contribution in [1.82, 2.24) is 9.55 Å². The Hall–Kier alpha value is -1.81. The lowest BCUT2D eigenvalue weighted by atomic mass is 10.2. The van der Waals surface area contributed by atoms with Gasteiger partial charge in [-0.1, -0.05) is 30.3 Å². The molecule has 1 aromatic heterocycles. The maximum Gasteiger partial charge on any atom is 0.293 e. The zero-order valence-electron chi connectivity index (χ0n) is 11.8. The smallest absolute Gasteiger partial charge is 0.293 e. The van der Waals surface area contributed by atoms with E-state index in [1.165, 1.54) is 0 Å². The molecule has 1 aromatic carbocycles. The van der Waals surface area contributed by atoms with Gasteiger partial charge in [-0.3, -0.25) is 4.79 Å². The normalized spacial score (nSPS) is 14.1. The van der Waals surface area contributed by atoms with E-state index in [0.29, 0.717) is 30.8 Å². The van der Waals surface area contributed by atoms with Gasteiger partial charge in [0.15, 0.2) is 5.82 Å². The van der Waals surface area contributed by atoms with Crippen LogP contribution in [0.4, 0.5) is 5.82 Å². The number of aromatic nitrogens is 2. The van der Waals surface area contributed by atoms with Crippen molar-refractivity contribution in [1.29, 1.82) is 0 Å². The first-order chi connectivity index (χ1) is 10.3. The summed E-state index contributed by atoms with van der Waals surface area (Å²) in [4.78, 5) is 18.8. The summed E-state index contributed by atoms with van der Waals surface area (Å²) < 4.78 is 1.80. The van der Waals surface area contributed by atoms with Gasteiger partial charge in [0.05, 0.1) is 0 Å². The number of rotatable bonds is 6. The van der Waals surface area contributed by atoms with Crippen LogP contribution in [0.1, 0.15) is 24.4 Å². The SMILES string of the molecule is O=c1c(N(CCCl)Cc2ccccc2)nccn1C1CC1. The highest BCUT2D eigenvalue weighted by atomic mass is 35.5. The zero-order valence-corrected chi connectivity index (χ0v) is 12.5. The van der Waals surface area contributed by atoms with Crippen molar-refractivity contribution < 1.29 is 0 Å². The summed E-state index contributed by atoms with van der Waals surface area (Å²) >= 11 is 5.90. The number of nitrogens with zero attached hydrogens (tertiary/aromatic N) is 3. The Morgan fingerprint density at radius 2 is 2.05 bits per heavy atom. The van der Waals surface area contributed by atoms with Gasteiger partial charge in [0.2, 0.25) is 0 Å². The summed E-state index contributed by atoms with van der Waals surface area (Å²) in [6, 6.07) is 10.4. The van der Waals surface area contributed by atoms with Crippen LogP contribution in [0.25, 0.3) is 0 Å². The molecule has 0 atom stereocenters. The molecule has 1 heterocycles. The summed E-state index contributed by atoms with van der Waals surface area (Å²) in [5, 5.41) is 0. The molecule has 0 radical (unpaired) electrons. The molecule has 0 aliphatic heterocycles. The van der Waals surface area contributed by atoms with Gasteiger partial charge in [-0.15, -0.1) is 11.6 Å². The molecule has 1 fully saturated rings. The van der Waals surface area contributed by atoms with Crippen LogP contribution in [-0.2, 0) is 6.54 Å². The van der Waals surface area contributed by atoms with Crippen molar-refractivity contribution in [3.63, 3.8) is 0 Å². The molecule has 1 aliphatic rings. The van der Waals surface area contributed by atoms with Crippen LogP contribution >= 0.6 is 11.6 Å². The highest BCUT2D eigenvalue weighted by molar-refractivity contribution is 6.18. The van der Waals surface area contributed by atoms with Gasteiger partial charge >= 0.3 is 0 Å². The van der Waals surface area contributed by atoms with Crippen LogP contribution in [0, 0.1) is 0 Å². The van der Waals surface area contributed by atoms with E-state index in [-0.39, 0.29) is 5.56 Å². The maximum absolute atomic E-state index is 12.6. The molecule has 1 saturated carbocycles. The van der Waals surface area contributed by atoms with E-state index >= 15 is 0 Å². The van der Waals surface area contributed by atoms with Gasteiger partial charge in [-0.05, 0) is 18.4 Å². The average Bonchev–Trinajstić information content (AvgIpc) is 3.33. The number of alkyl halides is 1. The minimum absolute atomic E-state index is 0.0129. The maximum atomic E-state index is 12.6. The molecule has 0 saturated heterocycles. The van der Waals surface area contributed by atoms with Crippen LogP contribution in [0.2, 0.25) is 0 Å². The number of halogens is 1. The van der Waals surface area contributed by atoms with Crippen LogP contribution < -0.4 is 10.5 Å². The minimum atomic E-state index is -0.0129. The predicted octanol–water partition coefficient (Wildman–Crippen LogP) is 2.82. The van der Waals surface area contributed by atoms with Gasteiger partial charge < -0.3 is 9.47 Å². The summed E-state index contributed by atoms with van der Waals surface area (Å²) in [7, 11) is 0. The molecule has 0 amide bonds. The van der Waals surface area contributed by atoms with Crippen molar-refractivity contribution >= 4 is 17.4 Å². The number of anilines is 1. The molecule has 2 aromatic rings. The van der Waals surface area contributed by atoms with Gasteiger partial charge in [0.1, 0.15) is 0 Å². The molecule has 0 bridgehead atoms. The molecule has 3 rings (SSSR count). The van der Waals surface area contributed by atoms with E-state index in [9.17, 15) is 4.79 Å². The first-order valence-corrected chi connectivity index (χ1v) is 7.75. The van der Waals surface area contributed by atoms with E-state index in [2.05, 4.69) is 4.98 Å². The van der Waals surface area contributed by atoms with Crippen LogP contribution in [0.5, 0.6) is 0 Å². The molecule has 0 spiro atoms.